The summed E-state index contributed by atoms with van der Waals surface area (Å²) in [4.78, 5) is 0. The van der Waals surface area contributed by atoms with Gasteiger partial charge in [0.1, 0.15) is 0 Å². The van der Waals surface area contributed by atoms with Gasteiger partial charge in [-0.25, -0.2) is 0 Å². The molecule has 0 aromatic heterocycles. The Morgan fingerprint density at radius 2 is 0.929 bits per heavy atom. The van der Waals surface area contributed by atoms with E-state index in [0.29, 0.717) is 6.90 Å². The van der Waals surface area contributed by atoms with E-state index in [4.69, 9.17) is 1.37 Å². The van der Waals surface area contributed by atoms with Crippen molar-refractivity contribution in [1.82, 2.24) is 0 Å². The molecule has 0 aromatic carbocycles. The van der Waals surface area contributed by atoms with Crippen molar-refractivity contribution in [3.63, 3.8) is 0 Å². The second-order valence-electron chi connectivity index (χ2n) is 4.39. The minimum atomic E-state index is 0.622. The van der Waals surface area contributed by atoms with E-state index in [0.717, 1.165) is 6.42 Å². The van der Waals surface area contributed by atoms with Crippen molar-refractivity contribution >= 4 is 0 Å². The van der Waals surface area contributed by atoms with Gasteiger partial charge in [-0.1, -0.05) is 90.9 Å². The highest BCUT2D eigenvalue weighted by molar-refractivity contribution is 4.47. The Labute approximate surface area is 92.9 Å². The van der Waals surface area contributed by atoms with Crippen molar-refractivity contribution in [2.45, 2.75) is 90.9 Å². The highest BCUT2D eigenvalue weighted by Gasteiger charge is 1.91. The summed E-state index contributed by atoms with van der Waals surface area (Å²) in [6.07, 6.45) is 16.6. The molecule has 0 radical (unpaired) electrons. The van der Waals surface area contributed by atoms with E-state index in [1.54, 1.807) is 0 Å². The number of unbranched alkanes of at least 4 members (excludes halogenated alkanes) is 11. The van der Waals surface area contributed by atoms with Gasteiger partial charge in [-0.15, -0.1) is 0 Å². The molecule has 0 heterocycles. The lowest BCUT2D eigenvalue weighted by atomic mass is 10.1. The maximum absolute atomic E-state index is 7.03. The highest BCUT2D eigenvalue weighted by atomic mass is 14.0. The predicted octanol–water partition coefficient (Wildman–Crippen LogP) is 5.71. The fourth-order valence-electron chi connectivity index (χ4n) is 1.84. The van der Waals surface area contributed by atoms with Crippen molar-refractivity contribution in [2.75, 3.05) is 0 Å². The van der Waals surface area contributed by atoms with Crippen LogP contribution in [0.5, 0.6) is 0 Å². The van der Waals surface area contributed by atoms with E-state index in [2.05, 4.69) is 6.92 Å². The van der Waals surface area contributed by atoms with Gasteiger partial charge in [-0.2, -0.15) is 0 Å². The normalized spacial score (nSPS) is 11.6. The SMILES string of the molecule is [3H]CCCCCCCCCCCCCC. The first kappa shape index (κ1) is 12.1. The zero-order valence-corrected chi connectivity index (χ0v) is 10.2. The third-order valence-electron chi connectivity index (χ3n) is 2.85. The van der Waals surface area contributed by atoms with Crippen molar-refractivity contribution < 1.29 is 1.37 Å². The van der Waals surface area contributed by atoms with Crippen LogP contribution in [0, 0.1) is 0 Å². The zero-order valence-electron chi connectivity index (χ0n) is 11.2. The average molecular weight is 200 g/mol. The number of hydrogen-bond donors (Lipinski definition) is 0. The van der Waals surface area contributed by atoms with E-state index in [1.165, 1.54) is 70.6 Å². The molecule has 0 bridgehead atoms. The first-order valence-electron chi connectivity index (χ1n) is 7.41. The van der Waals surface area contributed by atoms with Gasteiger partial charge in [-0.3, -0.25) is 0 Å². The van der Waals surface area contributed by atoms with Crippen LogP contribution in [0.25, 0.3) is 0 Å². The fraction of sp³-hybridized carbons (Fsp3) is 1.00. The maximum atomic E-state index is 7.03. The van der Waals surface area contributed by atoms with Crippen molar-refractivity contribution in [2.24, 2.45) is 0 Å². The quantitative estimate of drug-likeness (QED) is 0.375. The van der Waals surface area contributed by atoms with Crippen LogP contribution in [0.1, 0.15) is 92.2 Å². The Bertz CT molecular complexity index is 89.5. The summed E-state index contributed by atoms with van der Waals surface area (Å²) in [6.45, 7) is 2.90. The van der Waals surface area contributed by atoms with Crippen LogP contribution < -0.4 is 0 Å². The summed E-state index contributed by atoms with van der Waals surface area (Å²) in [7, 11) is 0. The highest BCUT2D eigenvalue weighted by Crippen LogP contribution is 2.11. The molecule has 0 heteroatoms. The lowest BCUT2D eigenvalue weighted by molar-refractivity contribution is 0.548. The Morgan fingerprint density at radius 3 is 1.29 bits per heavy atom. The molecule has 0 saturated carbocycles. The van der Waals surface area contributed by atoms with Crippen LogP contribution in [0.15, 0.2) is 0 Å². The van der Waals surface area contributed by atoms with Crippen molar-refractivity contribution in [3.8, 4) is 0 Å². The number of hydrogen-bond acceptors (Lipinski definition) is 0. The van der Waals surface area contributed by atoms with E-state index in [-0.39, 0.29) is 0 Å². The van der Waals surface area contributed by atoms with E-state index in [9.17, 15) is 0 Å². The summed E-state index contributed by atoms with van der Waals surface area (Å²) in [6, 6.07) is 0. The number of rotatable bonds is 11. The van der Waals surface area contributed by atoms with Gasteiger partial charge in [0, 0.05) is 1.37 Å². The molecule has 0 aliphatic heterocycles. The van der Waals surface area contributed by atoms with Gasteiger partial charge >= 0.3 is 0 Å². The fourth-order valence-corrected chi connectivity index (χ4v) is 1.84. The second-order valence-corrected chi connectivity index (χ2v) is 4.39. The van der Waals surface area contributed by atoms with Gasteiger partial charge in [0.25, 0.3) is 0 Å². The molecule has 0 aromatic rings. The molecule has 86 valence electrons. The molecule has 0 aliphatic carbocycles. The van der Waals surface area contributed by atoms with Crippen LogP contribution in [-0.2, 0) is 0 Å². The topological polar surface area (TPSA) is 0 Å². The van der Waals surface area contributed by atoms with Crippen LogP contribution >= 0.6 is 0 Å². The average Bonchev–Trinajstić information content (AvgIpc) is 2.26. The molecule has 0 unspecified atom stereocenters. The molecule has 0 aliphatic rings. The predicted molar refractivity (Wildman–Crippen MR) is 66.8 cm³/mol. The first-order valence-corrected chi connectivity index (χ1v) is 6.71. The summed E-state index contributed by atoms with van der Waals surface area (Å²) in [5, 5.41) is 0. The van der Waals surface area contributed by atoms with Crippen LogP contribution in [-0.4, -0.2) is 0 Å². The van der Waals surface area contributed by atoms with E-state index in [1.807, 2.05) is 0 Å². The summed E-state index contributed by atoms with van der Waals surface area (Å²) >= 11 is 0. The minimum Gasteiger partial charge on any atom is -0.0654 e. The van der Waals surface area contributed by atoms with E-state index >= 15 is 0 Å². The minimum absolute atomic E-state index is 0.622. The molecule has 0 fully saturated rings. The smallest absolute Gasteiger partial charge is 0.0230 e. The summed E-state index contributed by atoms with van der Waals surface area (Å²) in [5.74, 6) is 0. The van der Waals surface area contributed by atoms with Crippen LogP contribution in [0.4, 0.5) is 0 Å². The van der Waals surface area contributed by atoms with Crippen molar-refractivity contribution in [1.29, 1.82) is 0 Å². The van der Waals surface area contributed by atoms with Gasteiger partial charge in [-0.05, 0) is 0 Å². The van der Waals surface area contributed by atoms with Crippen molar-refractivity contribution in [3.05, 3.63) is 0 Å². The van der Waals surface area contributed by atoms with Gasteiger partial charge in [0.15, 0.2) is 0 Å². The third kappa shape index (κ3) is 12.0. The summed E-state index contributed by atoms with van der Waals surface area (Å²) in [5.41, 5.74) is 0. The van der Waals surface area contributed by atoms with Gasteiger partial charge < -0.3 is 0 Å². The molecular formula is C14H30. The lowest BCUT2D eigenvalue weighted by Crippen LogP contribution is -1.81. The van der Waals surface area contributed by atoms with Crippen LogP contribution in [0.3, 0.4) is 0 Å². The Hall–Kier alpha value is 0. The third-order valence-corrected chi connectivity index (χ3v) is 2.85. The summed E-state index contributed by atoms with van der Waals surface area (Å²) < 4.78 is 7.03. The molecule has 0 spiro atoms. The van der Waals surface area contributed by atoms with Gasteiger partial charge in [0.2, 0.25) is 0 Å². The van der Waals surface area contributed by atoms with E-state index < -0.39 is 0 Å². The van der Waals surface area contributed by atoms with Gasteiger partial charge in [0.05, 0.1) is 0 Å². The lowest BCUT2D eigenvalue weighted by Gasteiger charge is -2.01. The first-order chi connectivity index (χ1) is 7.41. The Balaban J connectivity index is 2.81. The molecule has 0 amide bonds. The monoisotopic (exact) mass is 200 g/mol. The molecule has 14 heavy (non-hydrogen) atoms. The maximum Gasteiger partial charge on any atom is 0.0230 e. The molecule has 0 rings (SSSR count). The standard InChI is InChI=1S/C14H30/c1-3-5-7-9-11-13-14-12-10-8-6-4-2/h3-14H2,1-2H3/i1T. The second kappa shape index (κ2) is 13.0. The molecule has 0 N–H and O–H groups in total. The molecule has 0 saturated heterocycles. The Kier molecular flexibility index (Phi) is 11.2. The molecule has 0 atom stereocenters. The molecular weight excluding hydrogens is 168 g/mol. The largest absolute Gasteiger partial charge is 0.0654 e. The molecule has 0 nitrogen and oxygen atoms in total. The Morgan fingerprint density at radius 1 is 0.571 bits per heavy atom. The zero-order chi connectivity index (χ0) is 11.2. The van der Waals surface area contributed by atoms with Crippen LogP contribution in [0.2, 0.25) is 0 Å².